The highest BCUT2D eigenvalue weighted by atomic mass is 19.4. The topological polar surface area (TPSA) is 49.6 Å². The number of nitrogens with zero attached hydrogens (tertiary/aromatic N) is 2. The summed E-state index contributed by atoms with van der Waals surface area (Å²) < 4.78 is 37.4. The third-order valence-corrected chi connectivity index (χ3v) is 4.34. The summed E-state index contributed by atoms with van der Waals surface area (Å²) in [7, 11) is 0. The Kier molecular flexibility index (Phi) is 4.30. The minimum absolute atomic E-state index is 0.0454. The van der Waals surface area contributed by atoms with E-state index < -0.39 is 24.5 Å². The van der Waals surface area contributed by atoms with Crippen molar-refractivity contribution < 1.29 is 18.0 Å². The summed E-state index contributed by atoms with van der Waals surface area (Å²) in [5.41, 5.74) is 5.06. The lowest BCUT2D eigenvalue weighted by Gasteiger charge is -2.43. The van der Waals surface area contributed by atoms with Gasteiger partial charge in [-0.1, -0.05) is 0 Å². The van der Waals surface area contributed by atoms with Gasteiger partial charge in [-0.2, -0.15) is 13.2 Å². The maximum Gasteiger partial charge on any atom is 0.404 e. The maximum atomic E-state index is 12.5. The molecule has 0 spiro atoms. The smallest absolute Gasteiger partial charge is 0.334 e. The Bertz CT molecular complexity index is 358. The highest BCUT2D eigenvalue weighted by molar-refractivity contribution is 5.78. The van der Waals surface area contributed by atoms with Crippen LogP contribution in [0.5, 0.6) is 0 Å². The molecule has 3 atom stereocenters. The van der Waals surface area contributed by atoms with Gasteiger partial charge in [-0.15, -0.1) is 0 Å². The van der Waals surface area contributed by atoms with Gasteiger partial charge in [-0.3, -0.25) is 9.69 Å². The second-order valence-electron chi connectivity index (χ2n) is 6.09. The highest BCUT2D eigenvalue weighted by Crippen LogP contribution is 2.32. The number of piperazine rings is 1. The number of likely N-dealkylation sites (tertiary alicyclic amines) is 1. The van der Waals surface area contributed by atoms with Crippen molar-refractivity contribution in [1.29, 1.82) is 0 Å². The molecule has 0 aromatic heterocycles. The summed E-state index contributed by atoms with van der Waals surface area (Å²) in [6.45, 7) is 5.69. The standard InChI is InChI=1S/C13H22F3N3O/c1-8(2)18-6-9-3-4-10(7-18)19(9)12(20)5-11(17)13(14,15)16/h8-11H,3-7,17H2,1-2H3. The van der Waals surface area contributed by atoms with Crippen LogP contribution in [0.2, 0.25) is 0 Å². The first-order valence-corrected chi connectivity index (χ1v) is 7.07. The van der Waals surface area contributed by atoms with E-state index in [2.05, 4.69) is 18.7 Å². The lowest BCUT2D eigenvalue weighted by atomic mass is 10.1. The predicted octanol–water partition coefficient (Wildman–Crippen LogP) is 1.35. The van der Waals surface area contributed by atoms with Crippen LogP contribution in [0.25, 0.3) is 0 Å². The number of hydrogen-bond acceptors (Lipinski definition) is 3. The van der Waals surface area contributed by atoms with Crippen molar-refractivity contribution in [1.82, 2.24) is 9.80 Å². The summed E-state index contributed by atoms with van der Waals surface area (Å²) in [6.07, 6.45) is -3.39. The molecule has 2 fully saturated rings. The number of carbonyl (C=O) groups excluding carboxylic acids is 1. The molecule has 2 aliphatic heterocycles. The third kappa shape index (κ3) is 3.09. The zero-order valence-electron chi connectivity index (χ0n) is 11.9. The molecule has 2 N–H and O–H groups in total. The van der Waals surface area contributed by atoms with Gasteiger partial charge in [0.05, 0.1) is 6.42 Å². The number of fused-ring (bicyclic) bond motifs is 2. The fourth-order valence-electron chi connectivity index (χ4n) is 3.17. The minimum Gasteiger partial charge on any atom is -0.334 e. The van der Waals surface area contributed by atoms with Gasteiger partial charge in [0, 0.05) is 31.2 Å². The lowest BCUT2D eigenvalue weighted by Crippen LogP contribution is -2.58. The summed E-state index contributed by atoms with van der Waals surface area (Å²) in [4.78, 5) is 16.1. The van der Waals surface area contributed by atoms with E-state index in [4.69, 9.17) is 5.73 Å². The summed E-state index contributed by atoms with van der Waals surface area (Å²) in [6, 6.07) is -1.57. The molecule has 2 heterocycles. The van der Waals surface area contributed by atoms with E-state index in [1.807, 2.05) is 0 Å². The molecule has 0 saturated carbocycles. The average molecular weight is 293 g/mol. The molecule has 116 valence electrons. The van der Waals surface area contributed by atoms with Gasteiger partial charge >= 0.3 is 6.18 Å². The van der Waals surface area contributed by atoms with Gasteiger partial charge in [0.1, 0.15) is 6.04 Å². The predicted molar refractivity (Wildman–Crippen MR) is 69.0 cm³/mol. The van der Waals surface area contributed by atoms with Gasteiger partial charge in [0.25, 0.3) is 0 Å². The highest BCUT2D eigenvalue weighted by Gasteiger charge is 2.45. The van der Waals surface area contributed by atoms with E-state index in [9.17, 15) is 18.0 Å². The van der Waals surface area contributed by atoms with Crippen LogP contribution in [0.3, 0.4) is 0 Å². The Morgan fingerprint density at radius 3 is 2.15 bits per heavy atom. The van der Waals surface area contributed by atoms with E-state index >= 15 is 0 Å². The molecule has 7 heteroatoms. The van der Waals surface area contributed by atoms with Crippen molar-refractivity contribution in [3.63, 3.8) is 0 Å². The van der Waals surface area contributed by atoms with Gasteiger partial charge in [0.15, 0.2) is 0 Å². The third-order valence-electron chi connectivity index (χ3n) is 4.34. The number of rotatable bonds is 3. The molecule has 2 aliphatic rings. The molecule has 0 radical (unpaired) electrons. The van der Waals surface area contributed by atoms with E-state index in [-0.39, 0.29) is 12.1 Å². The number of carbonyl (C=O) groups is 1. The van der Waals surface area contributed by atoms with E-state index in [1.54, 1.807) is 4.90 Å². The molecule has 20 heavy (non-hydrogen) atoms. The van der Waals surface area contributed by atoms with Gasteiger partial charge in [-0.05, 0) is 26.7 Å². The summed E-state index contributed by atoms with van der Waals surface area (Å²) in [5.74, 6) is -0.453. The number of nitrogens with two attached hydrogens (primary N) is 1. The quantitative estimate of drug-likeness (QED) is 0.854. The molecular weight excluding hydrogens is 271 g/mol. The lowest BCUT2D eigenvalue weighted by molar-refractivity contribution is -0.160. The van der Waals surface area contributed by atoms with Crippen molar-refractivity contribution in [2.45, 2.75) is 63.5 Å². The first-order chi connectivity index (χ1) is 9.20. The molecule has 4 nitrogen and oxygen atoms in total. The SMILES string of the molecule is CC(C)N1CC2CCC(C1)N2C(=O)CC(N)C(F)(F)F. The van der Waals surface area contributed by atoms with Gasteiger partial charge < -0.3 is 10.6 Å². The van der Waals surface area contributed by atoms with E-state index in [0.29, 0.717) is 6.04 Å². The van der Waals surface area contributed by atoms with Crippen LogP contribution in [-0.4, -0.2) is 59.1 Å². The monoisotopic (exact) mass is 293 g/mol. The van der Waals surface area contributed by atoms with Crippen LogP contribution < -0.4 is 5.73 Å². The normalized spacial score (nSPS) is 29.1. The fraction of sp³-hybridized carbons (Fsp3) is 0.923. The maximum absolute atomic E-state index is 12.5. The van der Waals surface area contributed by atoms with E-state index in [0.717, 1.165) is 25.9 Å². The van der Waals surface area contributed by atoms with Crippen LogP contribution in [0.4, 0.5) is 13.2 Å². The van der Waals surface area contributed by atoms with Crippen LogP contribution >= 0.6 is 0 Å². The molecular formula is C13H22F3N3O. The number of hydrogen-bond donors (Lipinski definition) is 1. The Hall–Kier alpha value is -0.820. The van der Waals surface area contributed by atoms with Gasteiger partial charge in [0.2, 0.25) is 5.91 Å². The molecule has 0 aromatic rings. The Morgan fingerprint density at radius 1 is 1.25 bits per heavy atom. The Labute approximate surface area is 117 Å². The molecule has 3 unspecified atom stereocenters. The fourth-order valence-corrected chi connectivity index (χ4v) is 3.17. The first-order valence-electron chi connectivity index (χ1n) is 7.07. The van der Waals surface area contributed by atoms with Crippen LogP contribution in [-0.2, 0) is 4.79 Å². The Morgan fingerprint density at radius 2 is 1.75 bits per heavy atom. The molecule has 2 bridgehead atoms. The average Bonchev–Trinajstić information content (AvgIpc) is 2.58. The number of amides is 1. The summed E-state index contributed by atoms with van der Waals surface area (Å²) in [5, 5.41) is 0. The van der Waals surface area contributed by atoms with E-state index in [1.165, 1.54) is 0 Å². The van der Waals surface area contributed by atoms with Gasteiger partial charge in [-0.25, -0.2) is 0 Å². The van der Waals surface area contributed by atoms with Crippen molar-refractivity contribution in [2.75, 3.05) is 13.1 Å². The number of alkyl halides is 3. The zero-order chi connectivity index (χ0) is 15.1. The van der Waals surface area contributed by atoms with Crippen molar-refractivity contribution in [2.24, 2.45) is 5.73 Å². The largest absolute Gasteiger partial charge is 0.404 e. The molecule has 0 aromatic carbocycles. The zero-order valence-corrected chi connectivity index (χ0v) is 11.9. The second kappa shape index (κ2) is 5.52. The van der Waals surface area contributed by atoms with Crippen LogP contribution in [0.15, 0.2) is 0 Å². The minimum atomic E-state index is -4.51. The molecule has 1 amide bonds. The second-order valence-corrected chi connectivity index (χ2v) is 6.09. The van der Waals surface area contributed by atoms with Crippen molar-refractivity contribution in [3.05, 3.63) is 0 Å². The van der Waals surface area contributed by atoms with Crippen LogP contribution in [0, 0.1) is 0 Å². The first kappa shape index (κ1) is 15.6. The summed E-state index contributed by atoms with van der Waals surface area (Å²) >= 11 is 0. The Balaban J connectivity index is 1.99. The van der Waals surface area contributed by atoms with Crippen molar-refractivity contribution in [3.8, 4) is 0 Å². The number of halogens is 3. The van der Waals surface area contributed by atoms with Crippen molar-refractivity contribution >= 4 is 5.91 Å². The molecule has 0 aliphatic carbocycles. The molecule has 2 saturated heterocycles. The molecule has 2 rings (SSSR count). The van der Waals surface area contributed by atoms with Crippen LogP contribution in [0.1, 0.15) is 33.1 Å².